The van der Waals surface area contributed by atoms with E-state index in [0.717, 1.165) is 12.8 Å². The largest absolute Gasteiger partial charge is 0.467 e. The van der Waals surface area contributed by atoms with Gasteiger partial charge in [0, 0.05) is 11.3 Å². The Labute approximate surface area is 124 Å². The molecule has 2 rings (SSSR count). The number of nitrogens with one attached hydrogen (secondary N) is 1. The molecule has 0 spiro atoms. The Morgan fingerprint density at radius 2 is 1.81 bits per heavy atom. The fourth-order valence-electron chi connectivity index (χ4n) is 2.75. The number of amides is 1. The van der Waals surface area contributed by atoms with Gasteiger partial charge in [-0.3, -0.25) is 4.79 Å². The maximum atomic E-state index is 12.4. The number of ether oxygens (including phenoxy) is 1. The summed E-state index contributed by atoms with van der Waals surface area (Å²) in [5.74, 6) is -0.0654. The lowest BCUT2D eigenvalue weighted by atomic mass is 9.77. The van der Waals surface area contributed by atoms with Gasteiger partial charge in [-0.2, -0.15) is 0 Å². The lowest BCUT2D eigenvalue weighted by molar-refractivity contribution is -0.150. The summed E-state index contributed by atoms with van der Waals surface area (Å²) < 4.78 is 4.91. The van der Waals surface area contributed by atoms with E-state index >= 15 is 0 Å². The van der Waals surface area contributed by atoms with Crippen molar-refractivity contribution in [3.63, 3.8) is 0 Å². The van der Waals surface area contributed by atoms with E-state index < -0.39 is 5.54 Å². The number of nitrogens with two attached hydrogens (primary N) is 1. The van der Waals surface area contributed by atoms with Crippen LogP contribution in [0.5, 0.6) is 0 Å². The standard InChI is InChI=1S/C16H22N2O3/c1-11-7-9-16(10-8-11,15(20)21-2)18-14(19)12-3-5-13(17)6-4-12/h3-6,11H,7-10,17H2,1-2H3,(H,18,19). The second-order valence-corrected chi connectivity index (χ2v) is 5.83. The molecule has 1 amide bonds. The molecule has 0 aromatic heterocycles. The van der Waals surface area contributed by atoms with Crippen molar-refractivity contribution in [2.24, 2.45) is 5.92 Å². The molecule has 0 aliphatic heterocycles. The molecule has 1 fully saturated rings. The number of methoxy groups -OCH3 is 1. The molecule has 114 valence electrons. The quantitative estimate of drug-likeness (QED) is 0.660. The van der Waals surface area contributed by atoms with Gasteiger partial charge < -0.3 is 15.8 Å². The number of carbonyl (C=O) groups excluding carboxylic acids is 2. The zero-order valence-corrected chi connectivity index (χ0v) is 12.5. The molecule has 21 heavy (non-hydrogen) atoms. The summed E-state index contributed by atoms with van der Waals surface area (Å²) >= 11 is 0. The van der Waals surface area contributed by atoms with Gasteiger partial charge in [0.1, 0.15) is 5.54 Å². The molecule has 1 aromatic rings. The second-order valence-electron chi connectivity index (χ2n) is 5.83. The van der Waals surface area contributed by atoms with E-state index in [1.807, 2.05) is 0 Å². The topological polar surface area (TPSA) is 81.4 Å². The van der Waals surface area contributed by atoms with Crippen LogP contribution >= 0.6 is 0 Å². The van der Waals surface area contributed by atoms with Crippen LogP contribution in [0.4, 0.5) is 5.69 Å². The van der Waals surface area contributed by atoms with Crippen molar-refractivity contribution in [1.29, 1.82) is 0 Å². The van der Waals surface area contributed by atoms with E-state index in [-0.39, 0.29) is 11.9 Å². The van der Waals surface area contributed by atoms with Crippen LogP contribution in [0, 0.1) is 5.92 Å². The van der Waals surface area contributed by atoms with Gasteiger partial charge in [-0.25, -0.2) is 4.79 Å². The number of carbonyl (C=O) groups is 2. The van der Waals surface area contributed by atoms with Gasteiger partial charge in [0.25, 0.3) is 5.91 Å². The van der Waals surface area contributed by atoms with Crippen LogP contribution in [0.1, 0.15) is 43.0 Å². The number of rotatable bonds is 3. The number of hydrogen-bond donors (Lipinski definition) is 2. The third kappa shape index (κ3) is 3.35. The zero-order valence-electron chi connectivity index (χ0n) is 12.5. The number of hydrogen-bond acceptors (Lipinski definition) is 4. The Balaban J connectivity index is 2.17. The summed E-state index contributed by atoms with van der Waals surface area (Å²) in [5.41, 5.74) is 5.80. The lowest BCUT2D eigenvalue weighted by Gasteiger charge is -2.37. The molecule has 1 saturated carbocycles. The van der Waals surface area contributed by atoms with Crippen LogP contribution in [0.25, 0.3) is 0 Å². The molecule has 3 N–H and O–H groups in total. The molecule has 0 unspecified atom stereocenters. The van der Waals surface area contributed by atoms with Crippen LogP contribution in [0.3, 0.4) is 0 Å². The summed E-state index contributed by atoms with van der Waals surface area (Å²) in [6.45, 7) is 2.16. The first-order chi connectivity index (χ1) is 9.97. The number of esters is 1. The van der Waals surface area contributed by atoms with E-state index in [9.17, 15) is 9.59 Å². The maximum Gasteiger partial charge on any atom is 0.331 e. The Hall–Kier alpha value is -2.04. The number of anilines is 1. The van der Waals surface area contributed by atoms with E-state index in [1.165, 1.54) is 7.11 Å². The fourth-order valence-corrected chi connectivity index (χ4v) is 2.75. The van der Waals surface area contributed by atoms with Gasteiger partial charge in [0.15, 0.2) is 0 Å². The second kappa shape index (κ2) is 6.16. The number of nitrogen functional groups attached to an aromatic ring is 1. The van der Waals surface area contributed by atoms with Crippen molar-refractivity contribution in [2.75, 3.05) is 12.8 Å². The minimum absolute atomic E-state index is 0.269. The minimum Gasteiger partial charge on any atom is -0.467 e. The molecule has 0 saturated heterocycles. The molecule has 1 aromatic carbocycles. The minimum atomic E-state index is -0.903. The van der Waals surface area contributed by atoms with Gasteiger partial charge in [-0.1, -0.05) is 6.92 Å². The molecule has 5 heteroatoms. The smallest absolute Gasteiger partial charge is 0.331 e. The molecular formula is C16H22N2O3. The summed E-state index contributed by atoms with van der Waals surface area (Å²) in [5, 5.41) is 2.89. The highest BCUT2D eigenvalue weighted by Crippen LogP contribution is 2.33. The van der Waals surface area contributed by atoms with Crippen LogP contribution in [-0.4, -0.2) is 24.5 Å². The zero-order chi connectivity index (χ0) is 15.5. The average Bonchev–Trinajstić information content (AvgIpc) is 2.49. The van der Waals surface area contributed by atoms with Crippen molar-refractivity contribution in [2.45, 2.75) is 38.1 Å². The normalized spacial score (nSPS) is 25.1. The van der Waals surface area contributed by atoms with E-state index in [2.05, 4.69) is 12.2 Å². The van der Waals surface area contributed by atoms with Crippen LogP contribution in [0.15, 0.2) is 24.3 Å². The molecule has 5 nitrogen and oxygen atoms in total. The number of benzene rings is 1. The molecule has 1 aliphatic rings. The van der Waals surface area contributed by atoms with Gasteiger partial charge >= 0.3 is 5.97 Å². The molecule has 0 bridgehead atoms. The SMILES string of the molecule is COC(=O)C1(NC(=O)c2ccc(N)cc2)CCC(C)CC1. The molecule has 0 atom stereocenters. The van der Waals surface area contributed by atoms with E-state index in [0.29, 0.717) is 30.0 Å². The Morgan fingerprint density at radius 1 is 1.24 bits per heavy atom. The van der Waals surface area contributed by atoms with Crippen molar-refractivity contribution < 1.29 is 14.3 Å². The van der Waals surface area contributed by atoms with Gasteiger partial charge in [0.2, 0.25) is 0 Å². The third-order valence-corrected chi connectivity index (χ3v) is 4.23. The van der Waals surface area contributed by atoms with Gasteiger partial charge in [0.05, 0.1) is 7.11 Å². The summed E-state index contributed by atoms with van der Waals surface area (Å²) in [6, 6.07) is 6.65. The molecular weight excluding hydrogens is 268 g/mol. The molecule has 0 heterocycles. The predicted octanol–water partition coefficient (Wildman–Crippen LogP) is 2.12. The first kappa shape index (κ1) is 15.4. The monoisotopic (exact) mass is 290 g/mol. The predicted molar refractivity (Wildman–Crippen MR) is 80.7 cm³/mol. The summed E-state index contributed by atoms with van der Waals surface area (Å²) in [7, 11) is 1.36. The van der Waals surface area contributed by atoms with Gasteiger partial charge in [-0.15, -0.1) is 0 Å². The third-order valence-electron chi connectivity index (χ3n) is 4.23. The Kier molecular flexibility index (Phi) is 4.50. The van der Waals surface area contributed by atoms with Crippen molar-refractivity contribution in [1.82, 2.24) is 5.32 Å². The highest BCUT2D eigenvalue weighted by molar-refractivity contribution is 5.98. The van der Waals surface area contributed by atoms with Crippen LogP contribution < -0.4 is 11.1 Å². The summed E-state index contributed by atoms with van der Waals surface area (Å²) in [4.78, 5) is 24.5. The van der Waals surface area contributed by atoms with Crippen molar-refractivity contribution in [3.05, 3.63) is 29.8 Å². The van der Waals surface area contributed by atoms with Crippen molar-refractivity contribution in [3.8, 4) is 0 Å². The highest BCUT2D eigenvalue weighted by atomic mass is 16.5. The summed E-state index contributed by atoms with van der Waals surface area (Å²) in [6.07, 6.45) is 3.03. The Morgan fingerprint density at radius 3 is 2.33 bits per heavy atom. The first-order valence-electron chi connectivity index (χ1n) is 7.23. The van der Waals surface area contributed by atoms with Gasteiger partial charge in [-0.05, 0) is 55.9 Å². The Bertz CT molecular complexity index is 517. The lowest BCUT2D eigenvalue weighted by Crippen LogP contribution is -2.56. The molecule has 0 radical (unpaired) electrons. The van der Waals surface area contributed by atoms with Crippen LogP contribution in [0.2, 0.25) is 0 Å². The first-order valence-corrected chi connectivity index (χ1v) is 7.23. The molecule has 1 aliphatic carbocycles. The van der Waals surface area contributed by atoms with E-state index in [1.54, 1.807) is 24.3 Å². The highest BCUT2D eigenvalue weighted by Gasteiger charge is 2.43. The van der Waals surface area contributed by atoms with E-state index in [4.69, 9.17) is 10.5 Å². The van der Waals surface area contributed by atoms with Crippen molar-refractivity contribution >= 4 is 17.6 Å². The van der Waals surface area contributed by atoms with Crippen LogP contribution in [-0.2, 0) is 9.53 Å². The average molecular weight is 290 g/mol. The maximum absolute atomic E-state index is 12.4. The fraction of sp³-hybridized carbons (Fsp3) is 0.500.